The molecule has 3 heterocycles. The molecule has 0 saturated carbocycles. The van der Waals surface area contributed by atoms with Gasteiger partial charge in [0.25, 0.3) is 11.7 Å². The Balaban J connectivity index is 1.57. The van der Waals surface area contributed by atoms with Gasteiger partial charge in [0.05, 0.1) is 62.2 Å². The van der Waals surface area contributed by atoms with E-state index < -0.39 is 17.7 Å². The van der Waals surface area contributed by atoms with E-state index in [4.69, 9.17) is 14.2 Å². The van der Waals surface area contributed by atoms with Gasteiger partial charge < -0.3 is 24.2 Å². The summed E-state index contributed by atoms with van der Waals surface area (Å²) in [5.74, 6) is -0.656. The van der Waals surface area contributed by atoms with Gasteiger partial charge in [-0.05, 0) is 43.7 Å². The van der Waals surface area contributed by atoms with E-state index in [1.54, 1.807) is 30.0 Å². The Labute approximate surface area is 233 Å². The van der Waals surface area contributed by atoms with Gasteiger partial charge in [0.2, 0.25) is 0 Å². The Bertz CT molecular complexity index is 1410. The van der Waals surface area contributed by atoms with Crippen molar-refractivity contribution in [2.24, 2.45) is 0 Å². The summed E-state index contributed by atoms with van der Waals surface area (Å²) in [5.41, 5.74) is 2.38. The lowest BCUT2D eigenvalue weighted by molar-refractivity contribution is -0.140. The van der Waals surface area contributed by atoms with Crippen LogP contribution in [0.4, 0.5) is 0 Å². The van der Waals surface area contributed by atoms with Gasteiger partial charge in [-0.2, -0.15) is 5.10 Å². The second-order valence-electron chi connectivity index (χ2n) is 9.80. The molecule has 10 heteroatoms. The zero-order chi connectivity index (χ0) is 28.2. The molecule has 0 unspecified atom stereocenters. The maximum absolute atomic E-state index is 13.6. The molecule has 5 rings (SSSR count). The number of rotatable bonds is 9. The molecule has 2 saturated heterocycles. The number of aromatic nitrogens is 2. The number of hydrogen-bond donors (Lipinski definition) is 1. The van der Waals surface area contributed by atoms with Crippen LogP contribution in [0.3, 0.4) is 0 Å². The molecule has 0 aliphatic carbocycles. The summed E-state index contributed by atoms with van der Waals surface area (Å²) in [6, 6.07) is 13.9. The first kappa shape index (κ1) is 27.4. The smallest absolute Gasteiger partial charge is 0.295 e. The molecular formula is C30H34N4O6. The highest BCUT2D eigenvalue weighted by molar-refractivity contribution is 6.46. The molecule has 1 aromatic heterocycles. The summed E-state index contributed by atoms with van der Waals surface area (Å²) >= 11 is 0. The molecule has 3 aromatic rings. The number of aliphatic hydroxyl groups is 1. The SMILES string of the molecule is COc1ccc(OC)c([C@H]2C(=C(O)c3cnn(-c4ccccc4)c3C)C(=O)C(=O)N2CCCN2CCOCC2)c1. The van der Waals surface area contributed by atoms with E-state index in [1.165, 1.54) is 18.2 Å². The number of aliphatic hydroxyl groups excluding tert-OH is 1. The van der Waals surface area contributed by atoms with Crippen LogP contribution in [-0.2, 0) is 14.3 Å². The fourth-order valence-corrected chi connectivity index (χ4v) is 5.39. The van der Waals surface area contributed by atoms with E-state index in [1.807, 2.05) is 37.3 Å². The topological polar surface area (TPSA) is 106 Å². The normalized spacial score (nSPS) is 19.3. The van der Waals surface area contributed by atoms with E-state index >= 15 is 0 Å². The van der Waals surface area contributed by atoms with Gasteiger partial charge in [0.1, 0.15) is 17.3 Å². The number of para-hydroxylation sites is 1. The number of nitrogens with zero attached hydrogens (tertiary/aromatic N) is 4. The predicted molar refractivity (Wildman–Crippen MR) is 149 cm³/mol. The lowest BCUT2D eigenvalue weighted by atomic mass is 9.94. The van der Waals surface area contributed by atoms with Crippen LogP contribution in [0.15, 0.2) is 60.3 Å². The van der Waals surface area contributed by atoms with Crippen LogP contribution >= 0.6 is 0 Å². The molecule has 0 bridgehead atoms. The van der Waals surface area contributed by atoms with Crippen molar-refractivity contribution in [3.05, 3.63) is 77.1 Å². The highest BCUT2D eigenvalue weighted by atomic mass is 16.5. The average Bonchev–Trinajstić information content (AvgIpc) is 3.50. The van der Waals surface area contributed by atoms with E-state index in [0.29, 0.717) is 54.5 Å². The number of amides is 1. The first-order chi connectivity index (χ1) is 19.4. The number of ketones is 1. The Hall–Kier alpha value is -4.15. The van der Waals surface area contributed by atoms with Crippen molar-refractivity contribution in [2.75, 3.05) is 53.6 Å². The first-order valence-electron chi connectivity index (χ1n) is 13.4. The molecule has 2 aliphatic heterocycles. The van der Waals surface area contributed by atoms with Crippen molar-refractivity contribution in [3.63, 3.8) is 0 Å². The van der Waals surface area contributed by atoms with E-state index in [0.717, 1.165) is 25.3 Å². The standard InChI is InChI=1S/C30H34N4O6/c1-20-24(19-31-34(20)21-8-5-4-6-9-21)28(35)26-27(23-18-22(38-2)10-11-25(23)39-3)33(30(37)29(26)36)13-7-12-32-14-16-40-17-15-32/h4-6,8-11,18-19,27,35H,7,12-17H2,1-3H3/t27-/m0/s1. The maximum Gasteiger partial charge on any atom is 0.295 e. The molecule has 1 atom stereocenters. The zero-order valence-corrected chi connectivity index (χ0v) is 23.0. The van der Waals surface area contributed by atoms with Crippen LogP contribution in [0.25, 0.3) is 11.4 Å². The minimum Gasteiger partial charge on any atom is -0.507 e. The number of methoxy groups -OCH3 is 2. The fourth-order valence-electron chi connectivity index (χ4n) is 5.39. The van der Waals surface area contributed by atoms with Gasteiger partial charge >= 0.3 is 0 Å². The lowest BCUT2D eigenvalue weighted by Gasteiger charge is -2.29. The van der Waals surface area contributed by atoms with Gasteiger partial charge in [-0.15, -0.1) is 0 Å². The number of Topliss-reactive ketones (excluding diaryl/α,β-unsaturated/α-hetero) is 1. The van der Waals surface area contributed by atoms with Crippen molar-refractivity contribution in [1.29, 1.82) is 0 Å². The molecule has 2 fully saturated rings. The van der Waals surface area contributed by atoms with Crippen LogP contribution in [0.5, 0.6) is 11.5 Å². The van der Waals surface area contributed by atoms with Crippen molar-refractivity contribution < 1.29 is 28.9 Å². The largest absolute Gasteiger partial charge is 0.507 e. The molecule has 1 N–H and O–H groups in total. The summed E-state index contributed by atoms with van der Waals surface area (Å²) in [6.07, 6.45) is 2.17. The van der Waals surface area contributed by atoms with Crippen LogP contribution in [0, 0.1) is 6.92 Å². The average molecular weight is 547 g/mol. The third-order valence-electron chi connectivity index (χ3n) is 7.51. The minimum absolute atomic E-state index is 0.00126. The Kier molecular flexibility index (Phi) is 8.18. The maximum atomic E-state index is 13.6. The Morgan fingerprint density at radius 3 is 2.50 bits per heavy atom. The van der Waals surface area contributed by atoms with Crippen molar-refractivity contribution >= 4 is 17.4 Å². The molecule has 1 amide bonds. The van der Waals surface area contributed by atoms with E-state index in [2.05, 4.69) is 10.00 Å². The molecule has 2 aromatic carbocycles. The number of carbonyl (C=O) groups is 2. The van der Waals surface area contributed by atoms with Crippen LogP contribution in [0.1, 0.15) is 29.3 Å². The van der Waals surface area contributed by atoms with E-state index in [9.17, 15) is 14.7 Å². The third-order valence-corrected chi connectivity index (χ3v) is 7.51. The van der Waals surface area contributed by atoms with E-state index in [-0.39, 0.29) is 11.3 Å². The molecule has 2 aliphatic rings. The quantitative estimate of drug-likeness (QED) is 0.248. The number of hydrogen-bond acceptors (Lipinski definition) is 8. The first-order valence-corrected chi connectivity index (χ1v) is 13.4. The van der Waals surface area contributed by atoms with Gasteiger partial charge in [-0.1, -0.05) is 18.2 Å². The predicted octanol–water partition coefficient (Wildman–Crippen LogP) is 3.34. The number of morpholine rings is 1. The molecular weight excluding hydrogens is 512 g/mol. The highest BCUT2D eigenvalue weighted by Crippen LogP contribution is 2.44. The summed E-state index contributed by atoms with van der Waals surface area (Å²) in [7, 11) is 3.08. The number of likely N-dealkylation sites (tertiary alicyclic amines) is 1. The summed E-state index contributed by atoms with van der Waals surface area (Å²) in [4.78, 5) is 30.9. The molecule has 0 radical (unpaired) electrons. The fraction of sp³-hybridized carbons (Fsp3) is 0.367. The Morgan fingerprint density at radius 2 is 1.80 bits per heavy atom. The van der Waals surface area contributed by atoms with Gasteiger partial charge in [0, 0.05) is 31.7 Å². The number of ether oxygens (including phenoxy) is 3. The summed E-state index contributed by atoms with van der Waals surface area (Å²) in [6.45, 7) is 5.92. The number of benzene rings is 2. The second-order valence-corrected chi connectivity index (χ2v) is 9.80. The Morgan fingerprint density at radius 1 is 1.05 bits per heavy atom. The summed E-state index contributed by atoms with van der Waals surface area (Å²) < 4.78 is 18.2. The highest BCUT2D eigenvalue weighted by Gasteiger charge is 2.47. The van der Waals surface area contributed by atoms with Crippen molar-refractivity contribution in [1.82, 2.24) is 19.6 Å². The minimum atomic E-state index is -0.866. The molecule has 210 valence electrons. The van der Waals surface area contributed by atoms with Crippen LogP contribution in [0.2, 0.25) is 0 Å². The second kappa shape index (κ2) is 11.9. The lowest BCUT2D eigenvalue weighted by Crippen LogP contribution is -2.39. The van der Waals surface area contributed by atoms with Gasteiger partial charge in [0.15, 0.2) is 0 Å². The molecule has 10 nitrogen and oxygen atoms in total. The summed E-state index contributed by atoms with van der Waals surface area (Å²) in [5, 5.41) is 16.1. The number of carbonyl (C=O) groups excluding carboxylic acids is 2. The van der Waals surface area contributed by atoms with Crippen molar-refractivity contribution in [2.45, 2.75) is 19.4 Å². The monoisotopic (exact) mass is 546 g/mol. The zero-order valence-electron chi connectivity index (χ0n) is 23.0. The third kappa shape index (κ3) is 5.20. The molecule has 0 spiro atoms. The molecule has 40 heavy (non-hydrogen) atoms. The van der Waals surface area contributed by atoms with Crippen LogP contribution < -0.4 is 9.47 Å². The van der Waals surface area contributed by atoms with Crippen LogP contribution in [-0.4, -0.2) is 90.0 Å². The van der Waals surface area contributed by atoms with Crippen molar-refractivity contribution in [3.8, 4) is 17.2 Å². The van der Waals surface area contributed by atoms with Gasteiger partial charge in [-0.3, -0.25) is 14.5 Å². The van der Waals surface area contributed by atoms with Gasteiger partial charge in [-0.25, -0.2) is 4.68 Å².